The van der Waals surface area contributed by atoms with E-state index in [4.69, 9.17) is 0 Å². The van der Waals surface area contributed by atoms with Crippen LogP contribution in [-0.2, 0) is 11.2 Å². The van der Waals surface area contributed by atoms with Crippen LogP contribution in [0.4, 0.5) is 4.39 Å². The molecule has 110 valence electrons. The average molecular weight is 279 g/mol. The summed E-state index contributed by atoms with van der Waals surface area (Å²) in [7, 11) is 1.66. The summed E-state index contributed by atoms with van der Waals surface area (Å²) in [5.41, 5.74) is 0.965. The van der Waals surface area contributed by atoms with Gasteiger partial charge in [-0.2, -0.15) is 0 Å². The van der Waals surface area contributed by atoms with Crippen LogP contribution < -0.4 is 10.6 Å². The van der Waals surface area contributed by atoms with E-state index in [1.807, 2.05) is 6.07 Å². The highest BCUT2D eigenvalue weighted by Crippen LogP contribution is 2.14. The van der Waals surface area contributed by atoms with Gasteiger partial charge < -0.3 is 10.6 Å². The number of hydrogen-bond donors (Lipinski definition) is 2. The second kappa shape index (κ2) is 6.81. The first-order chi connectivity index (χ1) is 9.61. The Hall–Kier alpha value is -1.46. The molecule has 1 aliphatic rings. The van der Waals surface area contributed by atoms with Crippen LogP contribution in [-0.4, -0.2) is 49.6 Å². The highest BCUT2D eigenvalue weighted by molar-refractivity contribution is 5.81. The summed E-state index contributed by atoms with van der Waals surface area (Å²) in [4.78, 5) is 14.1. The zero-order valence-electron chi connectivity index (χ0n) is 12.0. The number of amides is 1. The van der Waals surface area contributed by atoms with Gasteiger partial charge in [-0.25, -0.2) is 4.39 Å². The van der Waals surface area contributed by atoms with Crippen molar-refractivity contribution >= 4 is 5.91 Å². The van der Waals surface area contributed by atoms with Crippen LogP contribution >= 0.6 is 0 Å². The summed E-state index contributed by atoms with van der Waals surface area (Å²) in [6, 6.07) is 6.71. The summed E-state index contributed by atoms with van der Waals surface area (Å²) >= 11 is 0. The highest BCUT2D eigenvalue weighted by atomic mass is 19.1. The Kier molecular flexibility index (Phi) is 5.09. The zero-order chi connectivity index (χ0) is 14.5. The van der Waals surface area contributed by atoms with Gasteiger partial charge in [0.15, 0.2) is 0 Å². The molecule has 0 saturated carbocycles. The highest BCUT2D eigenvalue weighted by Gasteiger charge is 2.31. The van der Waals surface area contributed by atoms with Gasteiger partial charge in [-0.05, 0) is 31.0 Å². The Morgan fingerprint density at radius 3 is 3.10 bits per heavy atom. The van der Waals surface area contributed by atoms with Crippen LogP contribution in [0.15, 0.2) is 24.3 Å². The molecule has 20 heavy (non-hydrogen) atoms. The molecule has 1 aromatic rings. The molecule has 1 fully saturated rings. The molecule has 1 amide bonds. The van der Waals surface area contributed by atoms with Gasteiger partial charge in [0.25, 0.3) is 0 Å². The molecule has 1 aromatic carbocycles. The van der Waals surface area contributed by atoms with E-state index in [0.717, 1.165) is 25.1 Å². The number of carbonyl (C=O) groups excluding carboxylic acids is 1. The second-order valence-corrected chi connectivity index (χ2v) is 5.26. The lowest BCUT2D eigenvalue weighted by Gasteiger charge is -2.39. The maximum absolute atomic E-state index is 13.2. The molecule has 0 spiro atoms. The quantitative estimate of drug-likeness (QED) is 0.856. The molecule has 0 bridgehead atoms. The lowest BCUT2D eigenvalue weighted by molar-refractivity contribution is -0.127. The topological polar surface area (TPSA) is 44.4 Å². The molecule has 1 aliphatic heterocycles. The third-order valence-electron chi connectivity index (χ3n) is 3.82. The molecule has 0 radical (unpaired) electrons. The van der Waals surface area contributed by atoms with Gasteiger partial charge in [0.05, 0.1) is 0 Å². The van der Waals surface area contributed by atoms with Gasteiger partial charge >= 0.3 is 0 Å². The average Bonchev–Trinajstić information content (AvgIpc) is 2.46. The zero-order valence-corrected chi connectivity index (χ0v) is 12.0. The largest absolute Gasteiger partial charge is 0.358 e. The Bertz CT molecular complexity index is 466. The molecular weight excluding hydrogens is 257 g/mol. The number of halogens is 1. The Labute approximate surface area is 119 Å². The summed E-state index contributed by atoms with van der Waals surface area (Å²) < 4.78 is 13.2. The van der Waals surface area contributed by atoms with E-state index in [1.165, 1.54) is 6.07 Å². The molecule has 2 N–H and O–H groups in total. The van der Waals surface area contributed by atoms with E-state index in [-0.39, 0.29) is 23.8 Å². The van der Waals surface area contributed by atoms with Gasteiger partial charge in [0, 0.05) is 32.7 Å². The van der Waals surface area contributed by atoms with Crippen LogP contribution in [0.2, 0.25) is 0 Å². The van der Waals surface area contributed by atoms with Crippen molar-refractivity contribution in [1.82, 2.24) is 15.5 Å². The minimum Gasteiger partial charge on any atom is -0.358 e. The number of carbonyl (C=O) groups is 1. The lowest BCUT2D eigenvalue weighted by Crippen LogP contribution is -2.60. The Morgan fingerprint density at radius 2 is 2.40 bits per heavy atom. The van der Waals surface area contributed by atoms with Crippen molar-refractivity contribution in [1.29, 1.82) is 0 Å². The Balaban J connectivity index is 2.05. The van der Waals surface area contributed by atoms with Crippen LogP contribution in [0.5, 0.6) is 0 Å². The molecule has 2 unspecified atom stereocenters. The first kappa shape index (κ1) is 14.9. The summed E-state index contributed by atoms with van der Waals surface area (Å²) in [6.07, 6.45) is 0.741. The molecule has 1 heterocycles. The Morgan fingerprint density at radius 1 is 1.60 bits per heavy atom. The lowest BCUT2D eigenvalue weighted by atomic mass is 10.0. The normalized spacial score (nSPS) is 21.4. The molecule has 2 rings (SSSR count). The second-order valence-electron chi connectivity index (χ2n) is 5.26. The molecule has 2 atom stereocenters. The molecular formula is C15H22FN3O. The maximum Gasteiger partial charge on any atom is 0.238 e. The van der Waals surface area contributed by atoms with Crippen molar-refractivity contribution in [2.45, 2.75) is 25.4 Å². The van der Waals surface area contributed by atoms with Crippen molar-refractivity contribution in [2.24, 2.45) is 0 Å². The standard InChI is InChI=1S/C15H22FN3O/c1-11(8-12-4-3-5-13(16)9-12)19-7-6-18-10-14(19)15(20)17-2/h3-5,9,11,14,18H,6-8,10H2,1-2H3,(H,17,20). The minimum atomic E-state index is -0.210. The van der Waals surface area contributed by atoms with E-state index in [0.29, 0.717) is 6.54 Å². The minimum absolute atomic E-state index is 0.0308. The van der Waals surface area contributed by atoms with E-state index in [9.17, 15) is 9.18 Å². The number of hydrogen-bond acceptors (Lipinski definition) is 3. The predicted molar refractivity (Wildman–Crippen MR) is 77.0 cm³/mol. The van der Waals surface area contributed by atoms with Crippen LogP contribution in [0.1, 0.15) is 12.5 Å². The van der Waals surface area contributed by atoms with E-state index < -0.39 is 0 Å². The first-order valence-electron chi connectivity index (χ1n) is 7.04. The fourth-order valence-corrected chi connectivity index (χ4v) is 2.78. The van der Waals surface area contributed by atoms with Crippen molar-refractivity contribution in [3.05, 3.63) is 35.6 Å². The smallest absolute Gasteiger partial charge is 0.238 e. The van der Waals surface area contributed by atoms with E-state index >= 15 is 0 Å². The molecule has 0 aromatic heterocycles. The molecule has 4 nitrogen and oxygen atoms in total. The number of piperazine rings is 1. The van der Waals surface area contributed by atoms with Gasteiger partial charge in [-0.1, -0.05) is 12.1 Å². The van der Waals surface area contributed by atoms with Crippen molar-refractivity contribution in [3.8, 4) is 0 Å². The predicted octanol–water partition coefficient (Wildman–Crippen LogP) is 0.777. The monoisotopic (exact) mass is 279 g/mol. The number of nitrogens with one attached hydrogen (secondary N) is 2. The summed E-state index contributed by atoms with van der Waals surface area (Å²) in [5.74, 6) is -0.179. The molecule has 1 saturated heterocycles. The van der Waals surface area contributed by atoms with Gasteiger partial charge in [0.2, 0.25) is 5.91 Å². The van der Waals surface area contributed by atoms with E-state index in [1.54, 1.807) is 19.2 Å². The SMILES string of the molecule is CNC(=O)C1CNCCN1C(C)Cc1cccc(F)c1. The number of nitrogens with zero attached hydrogens (tertiary/aromatic N) is 1. The van der Waals surface area contributed by atoms with Crippen LogP contribution in [0.25, 0.3) is 0 Å². The fourth-order valence-electron chi connectivity index (χ4n) is 2.78. The third-order valence-corrected chi connectivity index (χ3v) is 3.82. The number of likely N-dealkylation sites (N-methyl/N-ethyl adjacent to an activating group) is 1. The van der Waals surface area contributed by atoms with Crippen molar-refractivity contribution < 1.29 is 9.18 Å². The summed E-state index contributed by atoms with van der Waals surface area (Å²) in [6.45, 7) is 4.45. The van der Waals surface area contributed by atoms with Crippen LogP contribution in [0.3, 0.4) is 0 Å². The van der Waals surface area contributed by atoms with Gasteiger partial charge in [0.1, 0.15) is 11.9 Å². The fraction of sp³-hybridized carbons (Fsp3) is 0.533. The van der Waals surface area contributed by atoms with E-state index in [2.05, 4.69) is 22.5 Å². The van der Waals surface area contributed by atoms with Crippen LogP contribution in [0, 0.1) is 5.82 Å². The van der Waals surface area contributed by atoms with Gasteiger partial charge in [-0.15, -0.1) is 0 Å². The third kappa shape index (κ3) is 3.55. The van der Waals surface area contributed by atoms with Gasteiger partial charge in [-0.3, -0.25) is 9.69 Å². The maximum atomic E-state index is 13.2. The number of benzene rings is 1. The van der Waals surface area contributed by atoms with Crippen molar-refractivity contribution in [2.75, 3.05) is 26.7 Å². The number of rotatable bonds is 4. The molecule has 0 aliphatic carbocycles. The first-order valence-corrected chi connectivity index (χ1v) is 7.04. The summed E-state index contributed by atoms with van der Waals surface area (Å²) in [5, 5.41) is 5.96. The van der Waals surface area contributed by atoms with Crippen molar-refractivity contribution in [3.63, 3.8) is 0 Å². The molecule has 5 heteroatoms.